The van der Waals surface area contributed by atoms with E-state index >= 15 is 0 Å². The Kier molecular flexibility index (Phi) is 8.45. The number of methoxy groups -OCH3 is 1. The smallest absolute Gasteiger partial charge is 0.406 e. The summed E-state index contributed by atoms with van der Waals surface area (Å²) in [5, 5.41) is 6.99. The van der Waals surface area contributed by atoms with E-state index in [1.165, 1.54) is 4.57 Å². The van der Waals surface area contributed by atoms with Crippen LogP contribution < -0.4 is 15.4 Å². The molecule has 198 valence electrons. The number of hydrogen-bond acceptors (Lipinski definition) is 5. The normalized spacial score (nSPS) is 18.4. The number of halogens is 4. The molecule has 5 nitrogen and oxygen atoms in total. The zero-order valence-corrected chi connectivity index (χ0v) is 21.8. The number of alkyl halides is 4. The minimum absolute atomic E-state index is 0.215. The van der Waals surface area contributed by atoms with E-state index in [2.05, 4.69) is 22.5 Å². The predicted octanol–water partition coefficient (Wildman–Crippen LogP) is 5.85. The maximum absolute atomic E-state index is 14.6. The Morgan fingerprint density at radius 2 is 1.97 bits per heavy atom. The molecule has 0 radical (unpaired) electrons. The maximum atomic E-state index is 14.6. The van der Waals surface area contributed by atoms with Crippen molar-refractivity contribution in [2.75, 3.05) is 50.7 Å². The number of piperidine rings is 1. The van der Waals surface area contributed by atoms with Crippen LogP contribution in [0.5, 0.6) is 5.75 Å². The molecule has 0 bridgehead atoms. The van der Waals surface area contributed by atoms with Crippen LogP contribution in [0.1, 0.15) is 12.1 Å². The standard InChI is InChI=1S/C27H30F4N4OS/c1-34-13-11-23(21(28)16-34)33-22-7-4-8-25-20(22)14-18(35(25)17-27(29,30)31)6-5-12-32-24-10-9-19(37-3)15-26(24)36-2/h4,7-10,14-15,21,23,32-33H,11-13,16-17H2,1-3H3/t21-,23+/m1/s1. The number of nitrogens with one attached hydrogen (secondary N) is 2. The Morgan fingerprint density at radius 3 is 2.68 bits per heavy atom. The number of fused-ring (bicyclic) bond motifs is 1. The van der Waals surface area contributed by atoms with Gasteiger partial charge in [0.05, 0.1) is 36.6 Å². The molecule has 37 heavy (non-hydrogen) atoms. The quantitative estimate of drug-likeness (QED) is 0.226. The Balaban J connectivity index is 1.60. The molecule has 2 aromatic carbocycles. The van der Waals surface area contributed by atoms with Crippen molar-refractivity contribution in [2.24, 2.45) is 0 Å². The summed E-state index contributed by atoms with van der Waals surface area (Å²) in [7, 11) is 3.45. The van der Waals surface area contributed by atoms with E-state index in [0.29, 0.717) is 35.3 Å². The molecule has 1 fully saturated rings. The van der Waals surface area contributed by atoms with Crippen LogP contribution >= 0.6 is 11.8 Å². The van der Waals surface area contributed by atoms with Crippen LogP contribution in [0.2, 0.25) is 0 Å². The van der Waals surface area contributed by atoms with Gasteiger partial charge < -0.3 is 24.8 Å². The van der Waals surface area contributed by atoms with Gasteiger partial charge in [-0.25, -0.2) is 4.39 Å². The summed E-state index contributed by atoms with van der Waals surface area (Å²) in [4.78, 5) is 2.98. The largest absolute Gasteiger partial charge is 0.495 e. The fourth-order valence-corrected chi connectivity index (χ4v) is 4.93. The molecule has 1 saturated heterocycles. The second-order valence-electron chi connectivity index (χ2n) is 9.01. The van der Waals surface area contributed by atoms with Gasteiger partial charge in [-0.1, -0.05) is 12.0 Å². The Bertz CT molecular complexity index is 1300. The highest BCUT2D eigenvalue weighted by Gasteiger charge is 2.31. The van der Waals surface area contributed by atoms with Gasteiger partial charge >= 0.3 is 6.18 Å². The molecular weight excluding hydrogens is 504 g/mol. The third kappa shape index (κ3) is 6.65. The van der Waals surface area contributed by atoms with Crippen molar-refractivity contribution in [3.05, 3.63) is 48.2 Å². The number of aromatic nitrogens is 1. The molecule has 2 N–H and O–H groups in total. The number of benzene rings is 2. The lowest BCUT2D eigenvalue weighted by Gasteiger charge is -2.33. The lowest BCUT2D eigenvalue weighted by molar-refractivity contribution is -0.140. The third-order valence-corrected chi connectivity index (χ3v) is 7.09. The molecule has 0 spiro atoms. The van der Waals surface area contributed by atoms with Crippen LogP contribution in [0.4, 0.5) is 28.9 Å². The monoisotopic (exact) mass is 534 g/mol. The minimum atomic E-state index is -4.42. The van der Waals surface area contributed by atoms with Crippen molar-refractivity contribution in [2.45, 2.75) is 36.3 Å². The van der Waals surface area contributed by atoms with Crippen LogP contribution in [0.3, 0.4) is 0 Å². The summed E-state index contributed by atoms with van der Waals surface area (Å²) < 4.78 is 61.6. The average Bonchev–Trinajstić information content (AvgIpc) is 3.20. The van der Waals surface area contributed by atoms with Gasteiger partial charge in [-0.3, -0.25) is 0 Å². The third-order valence-electron chi connectivity index (χ3n) is 6.36. The molecule has 0 saturated carbocycles. The second-order valence-corrected chi connectivity index (χ2v) is 9.89. The van der Waals surface area contributed by atoms with E-state index in [1.807, 2.05) is 36.4 Å². The first-order valence-electron chi connectivity index (χ1n) is 11.9. The molecular formula is C27H30F4N4OS. The number of likely N-dealkylation sites (tertiary alicyclic amines) is 1. The topological polar surface area (TPSA) is 41.5 Å². The SMILES string of the molecule is COc1cc(SC)ccc1NCC#Cc1cc2c(N[C@H]3CCN(C)C[C@H]3F)cccc2n1CC(F)(F)F. The fourth-order valence-electron chi connectivity index (χ4n) is 4.50. The van der Waals surface area contributed by atoms with Crippen molar-refractivity contribution in [1.29, 1.82) is 0 Å². The maximum Gasteiger partial charge on any atom is 0.406 e. The van der Waals surface area contributed by atoms with Crippen molar-refractivity contribution in [3.8, 4) is 17.6 Å². The zero-order chi connectivity index (χ0) is 26.6. The summed E-state index contributed by atoms with van der Waals surface area (Å²) in [6.07, 6.45) is -2.91. The average molecular weight is 535 g/mol. The summed E-state index contributed by atoms with van der Waals surface area (Å²) in [5.41, 5.74) is 2.00. The molecule has 0 aliphatic carbocycles. The van der Waals surface area contributed by atoms with Crippen LogP contribution in [0, 0.1) is 11.8 Å². The lowest BCUT2D eigenvalue weighted by Crippen LogP contribution is -2.46. The molecule has 3 aromatic rings. The number of hydrogen-bond donors (Lipinski definition) is 2. The van der Waals surface area contributed by atoms with E-state index in [9.17, 15) is 17.6 Å². The van der Waals surface area contributed by atoms with E-state index in [4.69, 9.17) is 4.74 Å². The van der Waals surface area contributed by atoms with Gasteiger partial charge in [-0.05, 0) is 62.0 Å². The Hall–Kier alpha value is -3.03. The van der Waals surface area contributed by atoms with Crippen molar-refractivity contribution in [1.82, 2.24) is 9.47 Å². The number of anilines is 2. The molecule has 1 aliphatic rings. The summed E-state index contributed by atoms with van der Waals surface area (Å²) in [6.45, 7) is 0.114. The molecule has 10 heteroatoms. The molecule has 0 unspecified atom stereocenters. The molecule has 2 atom stereocenters. The van der Waals surface area contributed by atoms with Gasteiger partial charge in [0.15, 0.2) is 0 Å². The highest BCUT2D eigenvalue weighted by molar-refractivity contribution is 7.98. The minimum Gasteiger partial charge on any atom is -0.495 e. The van der Waals surface area contributed by atoms with Crippen LogP contribution in [0.25, 0.3) is 10.9 Å². The van der Waals surface area contributed by atoms with Crippen LogP contribution in [0.15, 0.2) is 47.4 Å². The van der Waals surface area contributed by atoms with E-state index < -0.39 is 24.9 Å². The highest BCUT2D eigenvalue weighted by atomic mass is 32.2. The van der Waals surface area contributed by atoms with Gasteiger partial charge in [0, 0.05) is 29.1 Å². The summed E-state index contributed by atoms with van der Waals surface area (Å²) in [5.74, 6) is 6.49. The van der Waals surface area contributed by atoms with Gasteiger partial charge in [-0.15, -0.1) is 11.8 Å². The van der Waals surface area contributed by atoms with Crippen molar-refractivity contribution >= 4 is 34.0 Å². The van der Waals surface area contributed by atoms with Gasteiger partial charge in [0.25, 0.3) is 0 Å². The van der Waals surface area contributed by atoms with Crippen LogP contribution in [-0.2, 0) is 6.54 Å². The van der Waals surface area contributed by atoms with E-state index in [1.54, 1.807) is 43.1 Å². The first-order valence-corrected chi connectivity index (χ1v) is 13.1. The number of ether oxygens (including phenoxy) is 1. The Morgan fingerprint density at radius 1 is 1.16 bits per heavy atom. The second kappa shape index (κ2) is 11.6. The molecule has 4 rings (SSSR count). The fraction of sp³-hybridized carbons (Fsp3) is 0.407. The number of thioether (sulfide) groups is 1. The molecule has 1 aliphatic heterocycles. The van der Waals surface area contributed by atoms with Gasteiger partial charge in [-0.2, -0.15) is 13.2 Å². The summed E-state index contributed by atoms with van der Waals surface area (Å²) in [6, 6.07) is 12.1. The van der Waals surface area contributed by atoms with Crippen LogP contribution in [-0.4, -0.2) is 67.9 Å². The van der Waals surface area contributed by atoms with Crippen molar-refractivity contribution < 1.29 is 22.3 Å². The van der Waals surface area contributed by atoms with Gasteiger partial charge in [0.1, 0.15) is 18.5 Å². The first-order chi connectivity index (χ1) is 17.7. The van der Waals surface area contributed by atoms with E-state index in [0.717, 1.165) is 17.1 Å². The number of rotatable bonds is 7. The number of nitrogens with zero attached hydrogens (tertiary/aromatic N) is 2. The molecule has 2 heterocycles. The highest BCUT2D eigenvalue weighted by Crippen LogP contribution is 2.32. The van der Waals surface area contributed by atoms with Gasteiger partial charge in [0.2, 0.25) is 0 Å². The van der Waals surface area contributed by atoms with Crippen molar-refractivity contribution in [3.63, 3.8) is 0 Å². The van der Waals surface area contributed by atoms with E-state index in [-0.39, 0.29) is 12.2 Å². The summed E-state index contributed by atoms with van der Waals surface area (Å²) >= 11 is 1.59. The lowest BCUT2D eigenvalue weighted by atomic mass is 10.0. The zero-order valence-electron chi connectivity index (χ0n) is 21.0. The molecule has 1 aromatic heterocycles. The molecule has 0 amide bonds. The Labute approximate surface area is 218 Å². The predicted molar refractivity (Wildman–Crippen MR) is 143 cm³/mol. The first kappa shape index (κ1) is 27.0.